The zero-order valence-electron chi connectivity index (χ0n) is 14.9. The molecule has 1 N–H and O–H groups in total. The fourth-order valence-corrected chi connectivity index (χ4v) is 3.45. The first-order valence-corrected chi connectivity index (χ1v) is 9.08. The lowest BCUT2D eigenvalue weighted by atomic mass is 10.1. The molecule has 0 unspecified atom stereocenters. The molecule has 26 heavy (non-hydrogen) atoms. The van der Waals surface area contributed by atoms with Crippen LogP contribution in [0.4, 0.5) is 11.4 Å². The molecule has 3 heterocycles. The maximum absolute atomic E-state index is 12.7. The molecule has 0 aliphatic carbocycles. The molecule has 1 amide bonds. The molecule has 5 heteroatoms. The number of nitrogens with zero attached hydrogens (tertiary/aromatic N) is 3. The number of anilines is 2. The Balaban J connectivity index is 1.51. The van der Waals surface area contributed by atoms with Gasteiger partial charge in [-0.05, 0) is 62.6 Å². The van der Waals surface area contributed by atoms with E-state index in [1.807, 2.05) is 31.2 Å². The minimum Gasteiger partial charge on any atom is -0.372 e. The quantitative estimate of drug-likeness (QED) is 0.773. The highest BCUT2D eigenvalue weighted by Gasteiger charge is 2.13. The van der Waals surface area contributed by atoms with Gasteiger partial charge in [0, 0.05) is 42.2 Å². The number of piperidine rings is 1. The first kappa shape index (κ1) is 16.5. The minimum atomic E-state index is -0.147. The van der Waals surface area contributed by atoms with Gasteiger partial charge in [0.15, 0.2) is 0 Å². The molecule has 0 radical (unpaired) electrons. The van der Waals surface area contributed by atoms with Gasteiger partial charge in [-0.25, -0.2) is 0 Å². The second-order valence-electron chi connectivity index (χ2n) is 6.74. The summed E-state index contributed by atoms with van der Waals surface area (Å²) in [7, 11) is 0. The van der Waals surface area contributed by atoms with E-state index < -0.39 is 0 Å². The van der Waals surface area contributed by atoms with Crippen LogP contribution in [-0.4, -0.2) is 29.0 Å². The van der Waals surface area contributed by atoms with Crippen LogP contribution in [0.2, 0.25) is 0 Å². The van der Waals surface area contributed by atoms with Crippen LogP contribution in [-0.2, 0) is 0 Å². The number of carbonyl (C=O) groups excluding carboxylic acids is 1. The Hall–Kier alpha value is -2.95. The number of aryl methyl sites for hydroxylation is 1. The van der Waals surface area contributed by atoms with Crippen LogP contribution in [0.15, 0.2) is 48.8 Å². The maximum Gasteiger partial charge on any atom is 0.257 e. The molecule has 0 saturated carbocycles. The molecule has 1 fully saturated rings. The topological polar surface area (TPSA) is 58.1 Å². The Bertz CT molecular complexity index is 930. The lowest BCUT2D eigenvalue weighted by Crippen LogP contribution is -2.29. The molecule has 4 rings (SSSR count). The van der Waals surface area contributed by atoms with Crippen molar-refractivity contribution in [3.8, 4) is 0 Å². The van der Waals surface area contributed by atoms with Crippen molar-refractivity contribution in [1.82, 2.24) is 9.97 Å². The molecule has 2 aromatic heterocycles. The second kappa shape index (κ2) is 7.12. The maximum atomic E-state index is 12.7. The third-order valence-corrected chi connectivity index (χ3v) is 4.90. The summed E-state index contributed by atoms with van der Waals surface area (Å²) in [6, 6.07) is 11.8. The van der Waals surface area contributed by atoms with Gasteiger partial charge in [0.2, 0.25) is 0 Å². The Morgan fingerprint density at radius 1 is 1.08 bits per heavy atom. The van der Waals surface area contributed by atoms with Gasteiger partial charge in [-0.15, -0.1) is 0 Å². The number of aromatic nitrogens is 2. The van der Waals surface area contributed by atoms with Gasteiger partial charge in [0.05, 0.1) is 16.8 Å². The average Bonchev–Trinajstić information content (AvgIpc) is 2.68. The first-order chi connectivity index (χ1) is 12.7. The van der Waals surface area contributed by atoms with E-state index in [-0.39, 0.29) is 5.91 Å². The summed E-state index contributed by atoms with van der Waals surface area (Å²) in [6.07, 6.45) is 7.26. The Kier molecular flexibility index (Phi) is 4.52. The number of hydrogen-bond donors (Lipinski definition) is 1. The number of pyridine rings is 2. The normalized spacial score (nSPS) is 14.4. The van der Waals surface area contributed by atoms with E-state index in [4.69, 9.17) is 0 Å². The Morgan fingerprint density at radius 2 is 1.85 bits per heavy atom. The molecule has 0 atom stereocenters. The van der Waals surface area contributed by atoms with Crippen molar-refractivity contribution >= 4 is 28.2 Å². The molecular weight excluding hydrogens is 324 g/mol. The van der Waals surface area contributed by atoms with Crippen molar-refractivity contribution in [2.45, 2.75) is 26.2 Å². The number of hydrogen-bond acceptors (Lipinski definition) is 4. The fraction of sp³-hybridized carbons (Fsp3) is 0.286. The van der Waals surface area contributed by atoms with Crippen LogP contribution in [0.25, 0.3) is 10.9 Å². The van der Waals surface area contributed by atoms with Gasteiger partial charge < -0.3 is 10.2 Å². The highest BCUT2D eigenvalue weighted by Crippen LogP contribution is 2.23. The van der Waals surface area contributed by atoms with Crippen molar-refractivity contribution in [2.75, 3.05) is 23.3 Å². The third kappa shape index (κ3) is 3.38. The van der Waals surface area contributed by atoms with E-state index in [2.05, 4.69) is 32.3 Å². The van der Waals surface area contributed by atoms with E-state index >= 15 is 0 Å². The van der Waals surface area contributed by atoms with Gasteiger partial charge in [0.25, 0.3) is 5.91 Å². The van der Waals surface area contributed by atoms with Crippen LogP contribution in [0.3, 0.4) is 0 Å². The lowest BCUT2D eigenvalue weighted by molar-refractivity contribution is 0.102. The van der Waals surface area contributed by atoms with Gasteiger partial charge in [-0.3, -0.25) is 14.8 Å². The highest BCUT2D eigenvalue weighted by molar-refractivity contribution is 6.06. The van der Waals surface area contributed by atoms with Gasteiger partial charge >= 0.3 is 0 Å². The van der Waals surface area contributed by atoms with Crippen LogP contribution in [0.1, 0.15) is 35.3 Å². The summed E-state index contributed by atoms with van der Waals surface area (Å²) < 4.78 is 0. The zero-order valence-corrected chi connectivity index (χ0v) is 14.9. The van der Waals surface area contributed by atoms with Gasteiger partial charge in [-0.1, -0.05) is 0 Å². The summed E-state index contributed by atoms with van der Waals surface area (Å²) >= 11 is 0. The summed E-state index contributed by atoms with van der Waals surface area (Å²) in [4.78, 5) is 23.7. The van der Waals surface area contributed by atoms with Crippen LogP contribution >= 0.6 is 0 Å². The lowest BCUT2D eigenvalue weighted by Gasteiger charge is -2.28. The standard InChI is InChI=1S/C21H22N4O/c1-15-19(13-16-14-22-10-9-20(16)23-15)21(26)24-17-5-7-18(8-6-17)25-11-3-2-4-12-25/h5-10,13-14H,2-4,11-12H2,1H3,(H,24,26). The monoisotopic (exact) mass is 346 g/mol. The van der Waals surface area contributed by atoms with E-state index in [1.165, 1.54) is 24.9 Å². The number of carbonyl (C=O) groups is 1. The molecular formula is C21H22N4O. The van der Waals surface area contributed by atoms with Gasteiger partial charge in [-0.2, -0.15) is 0 Å². The highest BCUT2D eigenvalue weighted by atomic mass is 16.1. The van der Waals surface area contributed by atoms with Crippen LogP contribution in [0, 0.1) is 6.92 Å². The smallest absolute Gasteiger partial charge is 0.257 e. The third-order valence-electron chi connectivity index (χ3n) is 4.90. The largest absolute Gasteiger partial charge is 0.372 e. The van der Waals surface area contributed by atoms with E-state index in [9.17, 15) is 4.79 Å². The molecule has 0 bridgehead atoms. The molecule has 1 aromatic carbocycles. The molecule has 5 nitrogen and oxygen atoms in total. The summed E-state index contributed by atoms with van der Waals surface area (Å²) in [6.45, 7) is 4.08. The van der Waals surface area contributed by atoms with Crippen molar-refractivity contribution < 1.29 is 4.79 Å². The number of rotatable bonds is 3. The summed E-state index contributed by atoms with van der Waals surface area (Å²) in [5.74, 6) is -0.147. The van der Waals surface area contributed by atoms with Crippen LogP contribution < -0.4 is 10.2 Å². The van der Waals surface area contributed by atoms with Crippen molar-refractivity contribution in [1.29, 1.82) is 0 Å². The fourth-order valence-electron chi connectivity index (χ4n) is 3.45. The molecule has 1 saturated heterocycles. The number of nitrogens with one attached hydrogen (secondary N) is 1. The Labute approximate surface area is 153 Å². The molecule has 1 aliphatic rings. The van der Waals surface area contributed by atoms with Crippen molar-refractivity contribution in [3.05, 3.63) is 60.0 Å². The number of amides is 1. The van der Waals surface area contributed by atoms with Gasteiger partial charge in [0.1, 0.15) is 0 Å². The molecule has 1 aliphatic heterocycles. The van der Waals surface area contributed by atoms with E-state index in [1.54, 1.807) is 12.4 Å². The summed E-state index contributed by atoms with van der Waals surface area (Å²) in [5, 5.41) is 3.84. The molecule has 0 spiro atoms. The van der Waals surface area contributed by atoms with E-state index in [0.29, 0.717) is 11.3 Å². The SMILES string of the molecule is Cc1nc2ccncc2cc1C(=O)Nc1ccc(N2CCCCC2)cc1. The Morgan fingerprint density at radius 3 is 2.62 bits per heavy atom. The minimum absolute atomic E-state index is 0.147. The molecule has 132 valence electrons. The molecule has 3 aromatic rings. The van der Waals surface area contributed by atoms with Crippen molar-refractivity contribution in [3.63, 3.8) is 0 Å². The predicted molar refractivity (Wildman–Crippen MR) is 105 cm³/mol. The first-order valence-electron chi connectivity index (χ1n) is 9.08. The number of benzene rings is 1. The van der Waals surface area contributed by atoms with E-state index in [0.717, 1.165) is 29.7 Å². The predicted octanol–water partition coefficient (Wildman–Crippen LogP) is 4.18. The van der Waals surface area contributed by atoms with Crippen LogP contribution in [0.5, 0.6) is 0 Å². The zero-order chi connectivity index (χ0) is 17.9. The average molecular weight is 346 g/mol. The van der Waals surface area contributed by atoms with Crippen molar-refractivity contribution in [2.24, 2.45) is 0 Å². The summed E-state index contributed by atoms with van der Waals surface area (Å²) in [5.41, 5.74) is 4.15. The number of fused-ring (bicyclic) bond motifs is 1. The second-order valence-corrected chi connectivity index (χ2v) is 6.74.